The molecule has 0 unspecified atom stereocenters. The average Bonchev–Trinajstić information content (AvgIpc) is 3.49. The second-order valence-electron chi connectivity index (χ2n) is 9.77. The van der Waals surface area contributed by atoms with Crippen LogP contribution < -0.4 is 20.9 Å². The Morgan fingerprint density at radius 3 is 2.39 bits per heavy atom. The minimum absolute atomic E-state index is 0.00484. The average molecular weight is 514 g/mol. The zero-order chi connectivity index (χ0) is 26.3. The topological polar surface area (TPSA) is 102 Å². The molecule has 0 bridgehead atoms. The Morgan fingerprint density at radius 1 is 0.974 bits per heavy atom. The lowest BCUT2D eigenvalue weighted by atomic mass is 10.1. The second-order valence-corrected chi connectivity index (χ2v) is 9.77. The van der Waals surface area contributed by atoms with E-state index >= 15 is 0 Å². The fourth-order valence-electron chi connectivity index (χ4n) is 4.94. The van der Waals surface area contributed by atoms with Crippen LogP contribution in [0.25, 0.3) is 11.3 Å². The molecule has 2 fully saturated rings. The molecular formula is C29H35N7O2. The summed E-state index contributed by atoms with van der Waals surface area (Å²) < 4.78 is 0. The Bertz CT molecular complexity index is 1230. The molecule has 38 heavy (non-hydrogen) atoms. The highest BCUT2D eigenvalue weighted by Gasteiger charge is 2.29. The molecule has 3 aromatic rings. The van der Waals surface area contributed by atoms with E-state index in [0.717, 1.165) is 80.3 Å². The van der Waals surface area contributed by atoms with E-state index in [1.54, 1.807) is 6.20 Å². The highest BCUT2D eigenvalue weighted by Crippen LogP contribution is 2.24. The predicted octanol–water partition coefficient (Wildman–Crippen LogP) is 4.03. The molecule has 9 heteroatoms. The van der Waals surface area contributed by atoms with Crippen LogP contribution in [0.5, 0.6) is 0 Å². The van der Waals surface area contributed by atoms with Crippen molar-refractivity contribution in [3.05, 3.63) is 60.8 Å². The number of nitrogens with zero attached hydrogens (tertiary/aromatic N) is 4. The smallest absolute Gasteiger partial charge is 0.239 e. The third kappa shape index (κ3) is 6.28. The Labute approximate surface area is 223 Å². The SMILES string of the molecule is CCCC(=O)Nc1ccc(-c2ccnc(Nc3ccc(N4CCN(C(=O)[C@@H]5CCCN5)CC4)cc3)n2)cc1. The molecule has 1 aromatic heterocycles. The zero-order valence-corrected chi connectivity index (χ0v) is 21.8. The van der Waals surface area contributed by atoms with E-state index in [1.807, 2.05) is 54.3 Å². The predicted molar refractivity (Wildman–Crippen MR) is 151 cm³/mol. The lowest BCUT2D eigenvalue weighted by Crippen LogP contribution is -2.53. The molecule has 0 radical (unpaired) electrons. The fraction of sp³-hybridized carbons (Fsp3) is 0.379. The van der Waals surface area contributed by atoms with Gasteiger partial charge >= 0.3 is 0 Å². The number of rotatable bonds is 8. The summed E-state index contributed by atoms with van der Waals surface area (Å²) in [7, 11) is 0. The van der Waals surface area contributed by atoms with Crippen molar-refractivity contribution in [1.82, 2.24) is 20.2 Å². The largest absolute Gasteiger partial charge is 0.368 e. The summed E-state index contributed by atoms with van der Waals surface area (Å²) >= 11 is 0. The summed E-state index contributed by atoms with van der Waals surface area (Å²) in [6.07, 6.45) is 5.10. The van der Waals surface area contributed by atoms with Crippen LogP contribution >= 0.6 is 0 Å². The summed E-state index contributed by atoms with van der Waals surface area (Å²) in [4.78, 5) is 37.8. The minimum atomic E-state index is 0.00484. The lowest BCUT2D eigenvalue weighted by Gasteiger charge is -2.37. The van der Waals surface area contributed by atoms with Gasteiger partial charge in [-0.25, -0.2) is 9.97 Å². The molecule has 2 saturated heterocycles. The molecule has 9 nitrogen and oxygen atoms in total. The molecule has 2 aliphatic rings. The number of amides is 2. The number of nitrogens with one attached hydrogen (secondary N) is 3. The second kappa shape index (κ2) is 12.0. The van der Waals surface area contributed by atoms with Crippen LogP contribution in [0.15, 0.2) is 60.8 Å². The molecule has 0 spiro atoms. The van der Waals surface area contributed by atoms with Crippen LogP contribution in [0.4, 0.5) is 23.0 Å². The van der Waals surface area contributed by atoms with Gasteiger partial charge in [-0.15, -0.1) is 0 Å². The van der Waals surface area contributed by atoms with Crippen LogP contribution in [0.3, 0.4) is 0 Å². The maximum atomic E-state index is 12.7. The molecule has 2 amide bonds. The fourth-order valence-corrected chi connectivity index (χ4v) is 4.94. The normalized spacial score (nSPS) is 17.3. The summed E-state index contributed by atoms with van der Waals surface area (Å²) in [5, 5.41) is 9.51. The van der Waals surface area contributed by atoms with Gasteiger partial charge in [0.25, 0.3) is 0 Å². The van der Waals surface area contributed by atoms with E-state index in [4.69, 9.17) is 0 Å². The van der Waals surface area contributed by atoms with Crippen LogP contribution in [0, 0.1) is 0 Å². The quantitative estimate of drug-likeness (QED) is 0.418. The first-order chi connectivity index (χ1) is 18.6. The van der Waals surface area contributed by atoms with E-state index in [1.165, 1.54) is 0 Å². The van der Waals surface area contributed by atoms with Crippen molar-refractivity contribution in [3.8, 4) is 11.3 Å². The molecule has 2 aromatic carbocycles. The van der Waals surface area contributed by atoms with E-state index in [2.05, 4.69) is 43.0 Å². The van der Waals surface area contributed by atoms with Gasteiger partial charge in [-0.3, -0.25) is 9.59 Å². The number of carbonyl (C=O) groups excluding carboxylic acids is 2. The third-order valence-electron chi connectivity index (χ3n) is 7.04. The standard InChI is InChI=1S/C29H35N7O2/c1-2-4-27(37)32-22-8-6-21(7-9-22)25-14-16-31-29(34-25)33-23-10-12-24(13-11-23)35-17-19-36(20-18-35)28(38)26-5-3-15-30-26/h6-14,16,26,30H,2-5,15,17-20H2,1H3,(H,32,37)(H,31,33,34)/t26-/m0/s1. The van der Waals surface area contributed by atoms with E-state index in [-0.39, 0.29) is 17.9 Å². The van der Waals surface area contributed by atoms with Crippen LogP contribution in [0.1, 0.15) is 32.6 Å². The van der Waals surface area contributed by atoms with Gasteiger partial charge in [0, 0.05) is 61.4 Å². The first-order valence-electron chi connectivity index (χ1n) is 13.5. The van der Waals surface area contributed by atoms with Gasteiger partial charge in [-0.1, -0.05) is 19.1 Å². The van der Waals surface area contributed by atoms with Crippen molar-refractivity contribution in [3.63, 3.8) is 0 Å². The first kappa shape index (κ1) is 25.7. The molecule has 2 aliphatic heterocycles. The number of carbonyl (C=O) groups is 2. The molecule has 5 rings (SSSR count). The third-order valence-corrected chi connectivity index (χ3v) is 7.04. The Hall–Kier alpha value is -3.98. The Morgan fingerprint density at radius 2 is 1.71 bits per heavy atom. The number of hydrogen-bond acceptors (Lipinski definition) is 7. The van der Waals surface area contributed by atoms with E-state index in [0.29, 0.717) is 12.4 Å². The number of aromatic nitrogens is 2. The number of piperazine rings is 1. The summed E-state index contributed by atoms with van der Waals surface area (Å²) in [6, 6.07) is 17.8. The van der Waals surface area contributed by atoms with Gasteiger partial charge in [0.05, 0.1) is 11.7 Å². The Balaban J connectivity index is 1.16. The number of benzene rings is 2. The summed E-state index contributed by atoms with van der Waals surface area (Å²) in [6.45, 7) is 6.10. The van der Waals surface area contributed by atoms with E-state index < -0.39 is 0 Å². The van der Waals surface area contributed by atoms with Crippen molar-refractivity contribution in [1.29, 1.82) is 0 Å². The van der Waals surface area contributed by atoms with Gasteiger partial charge in [0.1, 0.15) is 0 Å². The maximum absolute atomic E-state index is 12.7. The van der Waals surface area contributed by atoms with Gasteiger partial charge in [-0.2, -0.15) is 0 Å². The number of anilines is 4. The number of hydrogen-bond donors (Lipinski definition) is 3. The molecular weight excluding hydrogens is 478 g/mol. The first-order valence-corrected chi connectivity index (χ1v) is 13.5. The van der Waals surface area contributed by atoms with Crippen molar-refractivity contribution in [2.75, 3.05) is 48.3 Å². The highest BCUT2D eigenvalue weighted by molar-refractivity contribution is 5.90. The van der Waals surface area contributed by atoms with Gasteiger partial charge in [0.15, 0.2) is 0 Å². The molecule has 0 saturated carbocycles. The van der Waals surface area contributed by atoms with Crippen molar-refractivity contribution in [2.24, 2.45) is 0 Å². The Kier molecular flexibility index (Phi) is 8.13. The van der Waals surface area contributed by atoms with E-state index in [9.17, 15) is 9.59 Å². The lowest BCUT2D eigenvalue weighted by molar-refractivity contribution is -0.133. The van der Waals surface area contributed by atoms with Gasteiger partial charge in [-0.05, 0) is 68.3 Å². The molecule has 3 heterocycles. The summed E-state index contributed by atoms with van der Waals surface area (Å²) in [5.41, 5.74) is 4.56. The van der Waals surface area contributed by atoms with Crippen molar-refractivity contribution in [2.45, 2.75) is 38.6 Å². The van der Waals surface area contributed by atoms with Crippen molar-refractivity contribution >= 4 is 34.8 Å². The van der Waals surface area contributed by atoms with Crippen molar-refractivity contribution < 1.29 is 9.59 Å². The van der Waals surface area contributed by atoms with Crippen LogP contribution in [-0.2, 0) is 9.59 Å². The summed E-state index contributed by atoms with van der Waals surface area (Å²) in [5.74, 6) is 0.788. The van der Waals surface area contributed by atoms with Gasteiger partial charge < -0.3 is 25.8 Å². The molecule has 198 valence electrons. The van der Waals surface area contributed by atoms with Crippen LogP contribution in [0.2, 0.25) is 0 Å². The minimum Gasteiger partial charge on any atom is -0.368 e. The maximum Gasteiger partial charge on any atom is 0.239 e. The molecule has 3 N–H and O–H groups in total. The van der Waals surface area contributed by atoms with Gasteiger partial charge in [0.2, 0.25) is 17.8 Å². The van der Waals surface area contributed by atoms with Crippen LogP contribution in [-0.4, -0.2) is 65.4 Å². The molecule has 1 atom stereocenters. The monoisotopic (exact) mass is 513 g/mol. The molecule has 0 aliphatic carbocycles. The zero-order valence-electron chi connectivity index (χ0n) is 21.8. The highest BCUT2D eigenvalue weighted by atomic mass is 16.2.